The minimum atomic E-state index is -4.63. The van der Waals surface area contributed by atoms with Crippen LogP contribution in [0.3, 0.4) is 0 Å². The SMILES string of the molecule is N#Cc1cnoc1N1CC(CS(=O)(=O)F)CC1=O. The van der Waals surface area contributed by atoms with Crippen LogP contribution in [0.5, 0.6) is 0 Å². The molecule has 1 saturated heterocycles. The maximum atomic E-state index is 12.5. The van der Waals surface area contributed by atoms with Crippen LogP contribution in [0.4, 0.5) is 9.77 Å². The summed E-state index contributed by atoms with van der Waals surface area (Å²) in [6.07, 6.45) is 1.05. The molecule has 9 heteroatoms. The molecule has 1 aliphatic rings. The first-order valence-electron chi connectivity index (χ1n) is 4.98. The Hall–Kier alpha value is -1.95. The van der Waals surface area contributed by atoms with Crippen LogP contribution in [0.25, 0.3) is 0 Å². The smallest absolute Gasteiger partial charge is 0.302 e. The van der Waals surface area contributed by atoms with Crippen LogP contribution in [0.15, 0.2) is 10.7 Å². The van der Waals surface area contributed by atoms with Gasteiger partial charge in [-0.15, -0.1) is 3.89 Å². The van der Waals surface area contributed by atoms with Gasteiger partial charge in [0.25, 0.3) is 5.88 Å². The molecular weight excluding hydrogens is 265 g/mol. The number of halogens is 1. The van der Waals surface area contributed by atoms with Crippen LogP contribution in [-0.4, -0.2) is 31.8 Å². The van der Waals surface area contributed by atoms with Gasteiger partial charge in [-0.25, -0.2) is 0 Å². The topological polar surface area (TPSA) is 104 Å². The standard InChI is InChI=1S/C9H8FN3O4S/c10-18(15,16)5-6-1-8(14)13(4-6)9-7(2-11)3-12-17-9/h3,6H,1,4-5H2. The highest BCUT2D eigenvalue weighted by Crippen LogP contribution is 2.28. The van der Waals surface area contributed by atoms with Gasteiger partial charge in [-0.3, -0.25) is 9.69 Å². The number of rotatable bonds is 3. The minimum absolute atomic E-state index is 0.00808. The highest BCUT2D eigenvalue weighted by atomic mass is 32.3. The molecular formula is C9H8FN3O4S. The normalized spacial score (nSPS) is 20.1. The lowest BCUT2D eigenvalue weighted by molar-refractivity contribution is -0.117. The summed E-state index contributed by atoms with van der Waals surface area (Å²) in [5, 5.41) is 12.2. The average molecular weight is 273 g/mol. The van der Waals surface area contributed by atoms with E-state index in [1.54, 1.807) is 6.07 Å². The monoisotopic (exact) mass is 273 g/mol. The van der Waals surface area contributed by atoms with Crippen LogP contribution < -0.4 is 4.90 Å². The van der Waals surface area contributed by atoms with Gasteiger partial charge in [0.05, 0.1) is 11.9 Å². The van der Waals surface area contributed by atoms with Crippen LogP contribution >= 0.6 is 0 Å². The van der Waals surface area contributed by atoms with E-state index in [0.29, 0.717) is 0 Å². The summed E-state index contributed by atoms with van der Waals surface area (Å²) in [5.41, 5.74) is 0.0760. The summed E-state index contributed by atoms with van der Waals surface area (Å²) in [4.78, 5) is 12.8. The van der Waals surface area contributed by atoms with E-state index in [-0.39, 0.29) is 24.4 Å². The zero-order valence-corrected chi connectivity index (χ0v) is 9.85. The summed E-state index contributed by atoms with van der Waals surface area (Å²) in [6, 6.07) is 1.79. The summed E-state index contributed by atoms with van der Waals surface area (Å²) in [7, 11) is -4.63. The number of nitrogens with zero attached hydrogens (tertiary/aromatic N) is 3. The Kier molecular flexibility index (Phi) is 3.04. The van der Waals surface area contributed by atoms with Crippen molar-refractivity contribution in [3.05, 3.63) is 11.8 Å². The Bertz CT molecular complexity index is 618. The Morgan fingerprint density at radius 2 is 2.39 bits per heavy atom. The molecule has 1 fully saturated rings. The lowest BCUT2D eigenvalue weighted by Gasteiger charge is -2.11. The highest BCUT2D eigenvalue weighted by molar-refractivity contribution is 7.86. The summed E-state index contributed by atoms with van der Waals surface area (Å²) in [6.45, 7) is -0.00808. The van der Waals surface area contributed by atoms with Gasteiger partial charge in [-0.05, 0) is 0 Å². The Morgan fingerprint density at radius 3 is 3.00 bits per heavy atom. The molecule has 0 radical (unpaired) electrons. The van der Waals surface area contributed by atoms with Crippen molar-refractivity contribution in [3.63, 3.8) is 0 Å². The Balaban J connectivity index is 2.18. The van der Waals surface area contributed by atoms with Crippen molar-refractivity contribution >= 4 is 22.0 Å². The summed E-state index contributed by atoms with van der Waals surface area (Å²) >= 11 is 0. The lowest BCUT2D eigenvalue weighted by atomic mass is 10.1. The quantitative estimate of drug-likeness (QED) is 0.728. The first kappa shape index (κ1) is 12.5. The number of aromatic nitrogens is 1. The van der Waals surface area contributed by atoms with E-state index in [9.17, 15) is 17.1 Å². The first-order valence-corrected chi connectivity index (χ1v) is 6.53. The number of carbonyl (C=O) groups is 1. The second-order valence-electron chi connectivity index (χ2n) is 3.94. The molecule has 0 aliphatic carbocycles. The summed E-state index contributed by atoms with van der Waals surface area (Å²) < 4.78 is 38.4. The molecule has 1 aromatic rings. The molecule has 1 unspecified atom stereocenters. The van der Waals surface area contributed by atoms with E-state index in [4.69, 9.17) is 9.78 Å². The highest BCUT2D eigenvalue weighted by Gasteiger charge is 2.36. The van der Waals surface area contributed by atoms with Gasteiger partial charge < -0.3 is 4.52 Å². The van der Waals surface area contributed by atoms with E-state index in [0.717, 1.165) is 11.1 Å². The minimum Gasteiger partial charge on any atom is -0.337 e. The molecule has 1 aromatic heterocycles. The fraction of sp³-hybridized carbons (Fsp3) is 0.444. The number of carbonyl (C=O) groups excluding carboxylic acids is 1. The van der Waals surface area contributed by atoms with Gasteiger partial charge in [-0.1, -0.05) is 5.16 Å². The van der Waals surface area contributed by atoms with Crippen molar-refractivity contribution in [3.8, 4) is 6.07 Å². The van der Waals surface area contributed by atoms with Crippen molar-refractivity contribution in [1.82, 2.24) is 5.16 Å². The second kappa shape index (κ2) is 4.38. The predicted molar refractivity (Wildman–Crippen MR) is 56.6 cm³/mol. The third kappa shape index (κ3) is 2.48. The van der Waals surface area contributed by atoms with E-state index in [1.807, 2.05) is 0 Å². The molecule has 18 heavy (non-hydrogen) atoms. The molecule has 0 saturated carbocycles. The Morgan fingerprint density at radius 1 is 1.67 bits per heavy atom. The fourth-order valence-corrected chi connectivity index (χ4v) is 2.66. The molecule has 7 nitrogen and oxygen atoms in total. The van der Waals surface area contributed by atoms with Crippen molar-refractivity contribution in [2.75, 3.05) is 17.2 Å². The molecule has 1 aliphatic heterocycles. The Labute approximate surface area is 102 Å². The average Bonchev–Trinajstić information content (AvgIpc) is 2.81. The van der Waals surface area contributed by atoms with Gasteiger partial charge in [-0.2, -0.15) is 13.7 Å². The maximum absolute atomic E-state index is 12.5. The van der Waals surface area contributed by atoms with E-state index < -0.39 is 27.8 Å². The van der Waals surface area contributed by atoms with Gasteiger partial charge in [0, 0.05) is 18.9 Å². The molecule has 2 heterocycles. The van der Waals surface area contributed by atoms with Gasteiger partial charge >= 0.3 is 10.2 Å². The van der Waals surface area contributed by atoms with Gasteiger partial charge in [0.2, 0.25) is 5.91 Å². The van der Waals surface area contributed by atoms with Crippen LogP contribution in [0.2, 0.25) is 0 Å². The van der Waals surface area contributed by atoms with E-state index >= 15 is 0 Å². The van der Waals surface area contributed by atoms with Crippen LogP contribution in [0, 0.1) is 17.2 Å². The maximum Gasteiger partial charge on any atom is 0.302 e. The number of hydrogen-bond acceptors (Lipinski definition) is 6. The molecule has 0 bridgehead atoms. The number of hydrogen-bond donors (Lipinski definition) is 0. The number of amides is 1. The van der Waals surface area contributed by atoms with Crippen LogP contribution in [-0.2, 0) is 15.0 Å². The van der Waals surface area contributed by atoms with E-state index in [1.165, 1.54) is 0 Å². The molecule has 1 atom stereocenters. The predicted octanol–water partition coefficient (Wildman–Crippen LogP) is 0.198. The second-order valence-corrected chi connectivity index (χ2v) is 5.35. The molecule has 2 rings (SSSR count). The lowest BCUT2D eigenvalue weighted by Crippen LogP contribution is -2.25. The van der Waals surface area contributed by atoms with Crippen LogP contribution in [0.1, 0.15) is 12.0 Å². The van der Waals surface area contributed by atoms with Crippen molar-refractivity contribution in [2.45, 2.75) is 6.42 Å². The third-order valence-electron chi connectivity index (χ3n) is 2.56. The zero-order chi connectivity index (χ0) is 13.3. The molecule has 96 valence electrons. The molecule has 0 aromatic carbocycles. The van der Waals surface area contributed by atoms with Crippen molar-refractivity contribution in [2.24, 2.45) is 5.92 Å². The first-order chi connectivity index (χ1) is 8.40. The van der Waals surface area contributed by atoms with Gasteiger partial charge in [0.15, 0.2) is 0 Å². The molecule has 0 spiro atoms. The fourth-order valence-electron chi connectivity index (χ4n) is 1.88. The number of nitriles is 1. The largest absolute Gasteiger partial charge is 0.337 e. The molecule has 0 N–H and O–H groups in total. The van der Waals surface area contributed by atoms with Crippen molar-refractivity contribution in [1.29, 1.82) is 5.26 Å². The zero-order valence-electron chi connectivity index (χ0n) is 9.04. The number of anilines is 1. The van der Waals surface area contributed by atoms with Crippen molar-refractivity contribution < 1.29 is 21.6 Å². The van der Waals surface area contributed by atoms with Gasteiger partial charge in [0.1, 0.15) is 11.6 Å². The van der Waals surface area contributed by atoms with E-state index in [2.05, 4.69) is 5.16 Å². The summed E-state index contributed by atoms with van der Waals surface area (Å²) in [5.74, 6) is -1.81. The molecule has 1 amide bonds. The third-order valence-corrected chi connectivity index (χ3v) is 3.43.